The van der Waals surface area contributed by atoms with Crippen LogP contribution in [-0.4, -0.2) is 17.1 Å². The number of rotatable bonds is 4. The van der Waals surface area contributed by atoms with E-state index >= 15 is 0 Å². The van der Waals surface area contributed by atoms with Gasteiger partial charge in [-0.3, -0.25) is 0 Å². The second kappa shape index (κ2) is 5.14. The van der Waals surface area contributed by atoms with E-state index in [-0.39, 0.29) is 6.10 Å². The number of aromatic nitrogens is 2. The molecule has 4 heteroatoms. The molecule has 0 N–H and O–H groups in total. The van der Waals surface area contributed by atoms with Crippen molar-refractivity contribution in [1.29, 1.82) is 0 Å². The molecule has 1 heterocycles. The van der Waals surface area contributed by atoms with Crippen LogP contribution in [0.2, 0.25) is 5.15 Å². The summed E-state index contributed by atoms with van der Waals surface area (Å²) in [4.78, 5) is 9.09. The summed E-state index contributed by atoms with van der Waals surface area (Å²) in [6.07, 6.45) is 7.53. The van der Waals surface area contributed by atoms with Crippen LogP contribution in [0.15, 0.2) is 6.07 Å². The Morgan fingerprint density at radius 1 is 1.22 bits per heavy atom. The molecule has 2 aliphatic carbocycles. The number of halogens is 1. The molecule has 1 aromatic rings. The van der Waals surface area contributed by atoms with Crippen molar-refractivity contribution in [2.45, 2.75) is 50.5 Å². The zero-order valence-corrected chi connectivity index (χ0v) is 11.5. The molecule has 0 radical (unpaired) electrons. The standard InChI is InChI=1S/C14H19ClN2O/c1-18-13(10-6-7-10)14-16-11(8-12(15)17-14)9-4-2-3-5-9/h8-10,13H,2-7H2,1H3. The summed E-state index contributed by atoms with van der Waals surface area (Å²) >= 11 is 6.15. The first-order valence-corrected chi connectivity index (χ1v) is 7.23. The van der Waals surface area contributed by atoms with Crippen LogP contribution in [0, 0.1) is 5.92 Å². The van der Waals surface area contributed by atoms with Gasteiger partial charge in [0.05, 0.1) is 0 Å². The lowest BCUT2D eigenvalue weighted by molar-refractivity contribution is 0.0769. The minimum absolute atomic E-state index is 0.0313. The molecule has 0 spiro atoms. The molecule has 2 fully saturated rings. The maximum atomic E-state index is 6.15. The lowest BCUT2D eigenvalue weighted by Gasteiger charge is -2.16. The summed E-state index contributed by atoms with van der Waals surface area (Å²) < 4.78 is 5.55. The molecule has 0 bridgehead atoms. The molecule has 3 nitrogen and oxygen atoms in total. The molecular weight excluding hydrogens is 248 g/mol. The quantitative estimate of drug-likeness (QED) is 0.776. The average molecular weight is 267 g/mol. The van der Waals surface area contributed by atoms with E-state index in [2.05, 4.69) is 4.98 Å². The van der Waals surface area contributed by atoms with E-state index < -0.39 is 0 Å². The molecule has 18 heavy (non-hydrogen) atoms. The lowest BCUT2D eigenvalue weighted by Crippen LogP contribution is -2.11. The summed E-state index contributed by atoms with van der Waals surface area (Å²) in [7, 11) is 1.74. The van der Waals surface area contributed by atoms with Gasteiger partial charge in [0.1, 0.15) is 11.3 Å². The predicted octanol–water partition coefficient (Wildman–Crippen LogP) is 3.89. The minimum atomic E-state index is 0.0313. The SMILES string of the molecule is COC(c1nc(Cl)cc(C2CCCC2)n1)C1CC1. The van der Waals surface area contributed by atoms with E-state index in [0.717, 1.165) is 11.5 Å². The first-order valence-electron chi connectivity index (χ1n) is 6.85. The normalized spacial score (nSPS) is 22.3. The molecule has 2 saturated carbocycles. The molecular formula is C14H19ClN2O. The van der Waals surface area contributed by atoms with Crippen molar-refractivity contribution in [3.05, 3.63) is 22.7 Å². The highest BCUT2D eigenvalue weighted by Crippen LogP contribution is 2.42. The summed E-state index contributed by atoms with van der Waals surface area (Å²) in [6, 6.07) is 1.93. The third-order valence-electron chi connectivity index (χ3n) is 4.06. The highest BCUT2D eigenvalue weighted by atomic mass is 35.5. The van der Waals surface area contributed by atoms with E-state index in [9.17, 15) is 0 Å². The summed E-state index contributed by atoms with van der Waals surface area (Å²) in [5, 5.41) is 0.560. The fraction of sp³-hybridized carbons (Fsp3) is 0.714. The largest absolute Gasteiger partial charge is 0.373 e. The van der Waals surface area contributed by atoms with Crippen molar-refractivity contribution in [3.8, 4) is 0 Å². The second-order valence-electron chi connectivity index (χ2n) is 5.45. The first kappa shape index (κ1) is 12.4. The molecule has 0 aromatic carbocycles. The van der Waals surface area contributed by atoms with E-state index in [1.807, 2.05) is 6.07 Å². The van der Waals surface area contributed by atoms with E-state index in [1.165, 1.54) is 38.5 Å². The Kier molecular flexibility index (Phi) is 3.53. The third-order valence-corrected chi connectivity index (χ3v) is 4.26. The van der Waals surface area contributed by atoms with Crippen molar-refractivity contribution in [2.75, 3.05) is 7.11 Å². The maximum Gasteiger partial charge on any atom is 0.159 e. The van der Waals surface area contributed by atoms with E-state index in [0.29, 0.717) is 17.0 Å². The number of methoxy groups -OCH3 is 1. The fourth-order valence-corrected chi connectivity index (χ4v) is 3.12. The van der Waals surface area contributed by atoms with Crippen molar-refractivity contribution in [3.63, 3.8) is 0 Å². The van der Waals surface area contributed by atoms with Gasteiger partial charge in [-0.25, -0.2) is 9.97 Å². The van der Waals surface area contributed by atoms with Crippen LogP contribution in [0.5, 0.6) is 0 Å². The Morgan fingerprint density at radius 2 is 1.94 bits per heavy atom. The van der Waals surface area contributed by atoms with Gasteiger partial charge < -0.3 is 4.74 Å². The zero-order chi connectivity index (χ0) is 12.5. The Labute approximate surface area is 113 Å². The molecule has 1 aromatic heterocycles. The van der Waals surface area contributed by atoms with Gasteiger partial charge in [-0.15, -0.1) is 0 Å². The fourth-order valence-electron chi connectivity index (χ4n) is 2.92. The van der Waals surface area contributed by atoms with Crippen LogP contribution >= 0.6 is 11.6 Å². The molecule has 0 saturated heterocycles. The van der Waals surface area contributed by atoms with Gasteiger partial charge >= 0.3 is 0 Å². The van der Waals surface area contributed by atoms with Gasteiger partial charge in [0.15, 0.2) is 5.82 Å². The highest BCUT2D eigenvalue weighted by Gasteiger charge is 2.35. The number of ether oxygens (including phenoxy) is 1. The van der Waals surface area contributed by atoms with Gasteiger partial charge in [-0.2, -0.15) is 0 Å². The minimum Gasteiger partial charge on any atom is -0.373 e. The van der Waals surface area contributed by atoms with Gasteiger partial charge in [0.25, 0.3) is 0 Å². The monoisotopic (exact) mass is 266 g/mol. The Hall–Kier alpha value is -0.670. The van der Waals surface area contributed by atoms with Crippen LogP contribution in [-0.2, 0) is 4.74 Å². The average Bonchev–Trinajstić information content (AvgIpc) is 3.04. The summed E-state index contributed by atoms with van der Waals surface area (Å²) in [5.41, 5.74) is 1.12. The predicted molar refractivity (Wildman–Crippen MR) is 70.7 cm³/mol. The molecule has 1 unspecified atom stereocenters. The smallest absolute Gasteiger partial charge is 0.159 e. The topological polar surface area (TPSA) is 35.0 Å². The van der Waals surface area contributed by atoms with Gasteiger partial charge in [-0.1, -0.05) is 24.4 Å². The van der Waals surface area contributed by atoms with Crippen LogP contribution in [0.3, 0.4) is 0 Å². The van der Waals surface area contributed by atoms with Crippen LogP contribution in [0.25, 0.3) is 0 Å². The molecule has 0 amide bonds. The molecule has 98 valence electrons. The van der Waals surface area contributed by atoms with Crippen LogP contribution in [0.1, 0.15) is 62.1 Å². The Bertz CT molecular complexity index is 428. The first-order chi connectivity index (χ1) is 8.78. The molecule has 0 aliphatic heterocycles. The number of nitrogens with zero attached hydrogens (tertiary/aromatic N) is 2. The van der Waals surface area contributed by atoms with Crippen molar-refractivity contribution >= 4 is 11.6 Å². The lowest BCUT2D eigenvalue weighted by atomic mass is 10.0. The van der Waals surface area contributed by atoms with Crippen molar-refractivity contribution in [2.24, 2.45) is 5.92 Å². The van der Waals surface area contributed by atoms with Crippen molar-refractivity contribution < 1.29 is 4.74 Å². The second-order valence-corrected chi connectivity index (χ2v) is 5.84. The maximum absolute atomic E-state index is 6.15. The van der Waals surface area contributed by atoms with Crippen LogP contribution in [0.4, 0.5) is 0 Å². The Balaban J connectivity index is 1.89. The van der Waals surface area contributed by atoms with E-state index in [1.54, 1.807) is 7.11 Å². The summed E-state index contributed by atoms with van der Waals surface area (Å²) in [6.45, 7) is 0. The van der Waals surface area contributed by atoms with Gasteiger partial charge in [0, 0.05) is 18.7 Å². The zero-order valence-electron chi connectivity index (χ0n) is 10.7. The van der Waals surface area contributed by atoms with Crippen LogP contribution < -0.4 is 0 Å². The third kappa shape index (κ3) is 2.52. The Morgan fingerprint density at radius 3 is 2.56 bits per heavy atom. The van der Waals surface area contributed by atoms with Crippen molar-refractivity contribution in [1.82, 2.24) is 9.97 Å². The van der Waals surface area contributed by atoms with Gasteiger partial charge in [0.2, 0.25) is 0 Å². The molecule has 3 rings (SSSR count). The number of hydrogen-bond donors (Lipinski definition) is 0. The summed E-state index contributed by atoms with van der Waals surface area (Å²) in [5.74, 6) is 1.94. The van der Waals surface area contributed by atoms with E-state index in [4.69, 9.17) is 21.3 Å². The molecule has 2 aliphatic rings. The molecule has 1 atom stereocenters. The van der Waals surface area contributed by atoms with Gasteiger partial charge in [-0.05, 0) is 37.7 Å². The number of hydrogen-bond acceptors (Lipinski definition) is 3. The highest BCUT2D eigenvalue weighted by molar-refractivity contribution is 6.29.